The molecular formula is C15H26N4O. The van der Waals surface area contributed by atoms with E-state index in [9.17, 15) is 0 Å². The summed E-state index contributed by atoms with van der Waals surface area (Å²) in [6.07, 6.45) is 4.65. The summed E-state index contributed by atoms with van der Waals surface area (Å²) in [7, 11) is 0. The minimum atomic E-state index is 0.218. The Morgan fingerprint density at radius 2 is 2.00 bits per heavy atom. The van der Waals surface area contributed by atoms with Gasteiger partial charge < -0.3 is 10.4 Å². The number of nitrogens with one attached hydrogen (secondary N) is 1. The van der Waals surface area contributed by atoms with E-state index in [0.717, 1.165) is 50.7 Å². The number of anilines is 1. The van der Waals surface area contributed by atoms with Gasteiger partial charge >= 0.3 is 0 Å². The van der Waals surface area contributed by atoms with E-state index in [4.69, 9.17) is 5.11 Å². The number of aliphatic hydroxyl groups excluding tert-OH is 1. The average Bonchev–Trinajstić information content (AvgIpc) is 2.46. The van der Waals surface area contributed by atoms with E-state index in [-0.39, 0.29) is 6.61 Å². The van der Waals surface area contributed by atoms with Crippen LogP contribution in [-0.4, -0.2) is 52.8 Å². The standard InChI is InChI=1S/C15H26N4O/c1-3-19(10-11-20)9-8-16-15-13-6-4-5-7-14(13)17-12(2)18-15/h20H,3-11H2,1-2H3,(H,16,17,18). The molecule has 1 heterocycles. The van der Waals surface area contributed by atoms with Gasteiger partial charge in [0.25, 0.3) is 0 Å². The second-order valence-electron chi connectivity index (χ2n) is 5.34. The number of hydrogen-bond acceptors (Lipinski definition) is 5. The third kappa shape index (κ3) is 3.90. The van der Waals surface area contributed by atoms with Crippen molar-refractivity contribution in [2.75, 3.05) is 38.1 Å². The molecule has 1 aliphatic carbocycles. The molecule has 0 spiro atoms. The molecule has 0 bridgehead atoms. The molecule has 5 nitrogen and oxygen atoms in total. The fourth-order valence-corrected chi connectivity index (χ4v) is 2.77. The lowest BCUT2D eigenvalue weighted by atomic mass is 9.96. The van der Waals surface area contributed by atoms with Gasteiger partial charge in [-0.25, -0.2) is 9.97 Å². The first-order chi connectivity index (χ1) is 9.74. The van der Waals surface area contributed by atoms with Gasteiger partial charge in [0.2, 0.25) is 0 Å². The highest BCUT2D eigenvalue weighted by Crippen LogP contribution is 2.25. The smallest absolute Gasteiger partial charge is 0.133 e. The predicted octanol–water partition coefficient (Wildman–Crippen LogP) is 1.39. The van der Waals surface area contributed by atoms with Gasteiger partial charge in [-0.05, 0) is 39.2 Å². The molecule has 2 rings (SSSR count). The molecule has 2 N–H and O–H groups in total. The van der Waals surface area contributed by atoms with E-state index in [2.05, 4.69) is 27.1 Å². The van der Waals surface area contributed by atoms with Crippen LogP contribution in [0.15, 0.2) is 0 Å². The van der Waals surface area contributed by atoms with Crippen molar-refractivity contribution in [3.63, 3.8) is 0 Å². The number of likely N-dealkylation sites (N-methyl/N-ethyl adjacent to an activating group) is 1. The van der Waals surface area contributed by atoms with Crippen LogP contribution in [0.1, 0.15) is 36.8 Å². The van der Waals surface area contributed by atoms with Crippen molar-refractivity contribution < 1.29 is 5.11 Å². The maximum atomic E-state index is 9.00. The van der Waals surface area contributed by atoms with Gasteiger partial charge in [0.1, 0.15) is 11.6 Å². The Balaban J connectivity index is 1.97. The molecule has 0 fully saturated rings. The second kappa shape index (κ2) is 7.55. The molecular weight excluding hydrogens is 252 g/mol. The van der Waals surface area contributed by atoms with E-state index < -0.39 is 0 Å². The molecule has 0 aliphatic heterocycles. The summed E-state index contributed by atoms with van der Waals surface area (Å²) >= 11 is 0. The summed E-state index contributed by atoms with van der Waals surface area (Å²) in [5.74, 6) is 1.88. The third-order valence-corrected chi connectivity index (χ3v) is 3.88. The van der Waals surface area contributed by atoms with E-state index >= 15 is 0 Å². The summed E-state index contributed by atoms with van der Waals surface area (Å²) in [6, 6.07) is 0. The summed E-state index contributed by atoms with van der Waals surface area (Å²) < 4.78 is 0. The SMILES string of the molecule is CCN(CCO)CCNc1nc(C)nc2c1CCCC2. The molecule has 0 atom stereocenters. The van der Waals surface area contributed by atoms with Crippen LogP contribution in [0.3, 0.4) is 0 Å². The van der Waals surface area contributed by atoms with Crippen molar-refractivity contribution in [2.45, 2.75) is 39.5 Å². The van der Waals surface area contributed by atoms with Crippen LogP contribution >= 0.6 is 0 Å². The normalized spacial score (nSPS) is 14.4. The van der Waals surface area contributed by atoms with Gasteiger partial charge in [0, 0.05) is 30.9 Å². The zero-order valence-corrected chi connectivity index (χ0v) is 12.7. The fraction of sp³-hybridized carbons (Fsp3) is 0.733. The zero-order chi connectivity index (χ0) is 14.4. The van der Waals surface area contributed by atoms with Crippen LogP contribution in [0.4, 0.5) is 5.82 Å². The quantitative estimate of drug-likeness (QED) is 0.789. The lowest BCUT2D eigenvalue weighted by molar-refractivity contribution is 0.206. The van der Waals surface area contributed by atoms with E-state index in [1.807, 2.05) is 6.92 Å². The van der Waals surface area contributed by atoms with Crippen molar-refractivity contribution in [3.05, 3.63) is 17.1 Å². The maximum absolute atomic E-state index is 9.00. The number of nitrogens with zero attached hydrogens (tertiary/aromatic N) is 3. The van der Waals surface area contributed by atoms with Crippen molar-refractivity contribution in [1.29, 1.82) is 0 Å². The first kappa shape index (κ1) is 15.2. The Labute approximate surface area is 121 Å². The summed E-state index contributed by atoms with van der Waals surface area (Å²) in [5, 5.41) is 12.5. The van der Waals surface area contributed by atoms with Gasteiger partial charge in [-0.2, -0.15) is 0 Å². The minimum Gasteiger partial charge on any atom is -0.395 e. The molecule has 1 aliphatic rings. The highest BCUT2D eigenvalue weighted by atomic mass is 16.3. The molecule has 0 amide bonds. The van der Waals surface area contributed by atoms with Crippen LogP contribution in [0.25, 0.3) is 0 Å². The molecule has 1 aromatic rings. The maximum Gasteiger partial charge on any atom is 0.133 e. The van der Waals surface area contributed by atoms with Gasteiger partial charge in [-0.3, -0.25) is 4.90 Å². The Hall–Kier alpha value is -1.20. The van der Waals surface area contributed by atoms with Crippen LogP contribution in [0.2, 0.25) is 0 Å². The number of aliphatic hydroxyl groups is 1. The molecule has 1 aromatic heterocycles. The highest BCUT2D eigenvalue weighted by Gasteiger charge is 2.16. The van der Waals surface area contributed by atoms with Crippen molar-refractivity contribution in [1.82, 2.24) is 14.9 Å². The van der Waals surface area contributed by atoms with Gasteiger partial charge in [-0.15, -0.1) is 0 Å². The van der Waals surface area contributed by atoms with Crippen molar-refractivity contribution in [3.8, 4) is 0 Å². The molecule has 0 radical (unpaired) electrons. The Bertz CT molecular complexity index is 436. The van der Waals surface area contributed by atoms with Gasteiger partial charge in [0.15, 0.2) is 0 Å². The van der Waals surface area contributed by atoms with Gasteiger partial charge in [0.05, 0.1) is 6.61 Å². The number of rotatable bonds is 7. The van der Waals surface area contributed by atoms with Crippen LogP contribution in [0.5, 0.6) is 0 Å². The first-order valence-corrected chi connectivity index (χ1v) is 7.68. The molecule has 112 valence electrons. The topological polar surface area (TPSA) is 61.3 Å². The minimum absolute atomic E-state index is 0.218. The van der Waals surface area contributed by atoms with Crippen LogP contribution in [0, 0.1) is 6.92 Å². The Kier molecular flexibility index (Phi) is 5.73. The number of hydrogen-bond donors (Lipinski definition) is 2. The monoisotopic (exact) mass is 278 g/mol. The molecule has 0 saturated carbocycles. The lowest BCUT2D eigenvalue weighted by Crippen LogP contribution is -2.31. The third-order valence-electron chi connectivity index (χ3n) is 3.88. The predicted molar refractivity (Wildman–Crippen MR) is 81.1 cm³/mol. The van der Waals surface area contributed by atoms with Crippen molar-refractivity contribution >= 4 is 5.82 Å². The summed E-state index contributed by atoms with van der Waals surface area (Å²) in [6.45, 7) is 7.78. The molecule has 0 saturated heterocycles. The highest BCUT2D eigenvalue weighted by molar-refractivity contribution is 5.47. The number of aryl methyl sites for hydroxylation is 2. The van der Waals surface area contributed by atoms with Crippen LogP contribution < -0.4 is 5.32 Å². The van der Waals surface area contributed by atoms with Crippen LogP contribution in [-0.2, 0) is 12.8 Å². The first-order valence-electron chi connectivity index (χ1n) is 7.68. The Morgan fingerprint density at radius 3 is 2.75 bits per heavy atom. The summed E-state index contributed by atoms with van der Waals surface area (Å²) in [5.41, 5.74) is 2.54. The lowest BCUT2D eigenvalue weighted by Gasteiger charge is -2.22. The molecule has 0 aromatic carbocycles. The largest absolute Gasteiger partial charge is 0.395 e. The summed E-state index contributed by atoms with van der Waals surface area (Å²) in [4.78, 5) is 11.4. The number of fused-ring (bicyclic) bond motifs is 1. The Morgan fingerprint density at radius 1 is 1.20 bits per heavy atom. The zero-order valence-electron chi connectivity index (χ0n) is 12.7. The van der Waals surface area contributed by atoms with E-state index in [0.29, 0.717) is 0 Å². The van der Waals surface area contributed by atoms with Crippen molar-refractivity contribution in [2.24, 2.45) is 0 Å². The van der Waals surface area contributed by atoms with E-state index in [1.165, 1.54) is 24.1 Å². The fourth-order valence-electron chi connectivity index (χ4n) is 2.77. The van der Waals surface area contributed by atoms with Gasteiger partial charge in [-0.1, -0.05) is 6.92 Å². The molecule has 20 heavy (non-hydrogen) atoms. The second-order valence-corrected chi connectivity index (χ2v) is 5.34. The van der Waals surface area contributed by atoms with E-state index in [1.54, 1.807) is 0 Å². The molecule has 5 heteroatoms. The number of aromatic nitrogens is 2. The average molecular weight is 278 g/mol. The molecule has 0 unspecified atom stereocenters.